The minimum Gasteiger partial charge on any atom is -0.368 e. The van der Waals surface area contributed by atoms with E-state index < -0.39 is 23.7 Å². The monoisotopic (exact) mass is 341 g/mol. The highest BCUT2D eigenvalue weighted by molar-refractivity contribution is 6.33. The Morgan fingerprint density at radius 2 is 2.13 bits per heavy atom. The van der Waals surface area contributed by atoms with E-state index in [1.165, 1.54) is 17.0 Å². The van der Waals surface area contributed by atoms with E-state index in [0.717, 1.165) is 12.5 Å². The van der Waals surface area contributed by atoms with Crippen LogP contribution in [-0.4, -0.2) is 41.8 Å². The van der Waals surface area contributed by atoms with Crippen molar-refractivity contribution in [2.24, 2.45) is 5.73 Å². The number of hydrogen-bond donors (Lipinski definition) is 2. The van der Waals surface area contributed by atoms with Crippen molar-refractivity contribution in [3.8, 4) is 0 Å². The van der Waals surface area contributed by atoms with Crippen LogP contribution in [0.4, 0.5) is 4.39 Å². The van der Waals surface area contributed by atoms with E-state index in [-0.39, 0.29) is 29.5 Å². The van der Waals surface area contributed by atoms with E-state index in [2.05, 4.69) is 5.32 Å². The topological polar surface area (TPSA) is 92.5 Å². The standard InChI is InChI=1S/C15H17ClFN3O3/c16-9-3-1-4-10(17)13(9)15(23)19-7-6-12(21)20-8-2-5-11(20)14(18)22/h1,3-4,11H,2,5-8H2,(H2,18,22)(H,19,23). The maximum Gasteiger partial charge on any atom is 0.255 e. The van der Waals surface area contributed by atoms with Crippen molar-refractivity contribution in [2.45, 2.75) is 25.3 Å². The van der Waals surface area contributed by atoms with Gasteiger partial charge in [0, 0.05) is 19.5 Å². The van der Waals surface area contributed by atoms with E-state index in [4.69, 9.17) is 17.3 Å². The number of likely N-dealkylation sites (tertiary alicyclic amines) is 1. The third kappa shape index (κ3) is 3.98. The predicted octanol–water partition coefficient (Wildman–Crippen LogP) is 1.08. The van der Waals surface area contributed by atoms with Crippen LogP contribution < -0.4 is 11.1 Å². The normalized spacial score (nSPS) is 17.1. The van der Waals surface area contributed by atoms with Gasteiger partial charge in [-0.05, 0) is 25.0 Å². The number of carbonyl (C=O) groups is 3. The SMILES string of the molecule is NC(=O)C1CCCN1C(=O)CCNC(=O)c1c(F)cccc1Cl. The summed E-state index contributed by atoms with van der Waals surface area (Å²) in [5.74, 6) is -2.22. The first-order valence-corrected chi connectivity index (χ1v) is 7.60. The van der Waals surface area contributed by atoms with Crippen LogP contribution in [0, 0.1) is 5.82 Å². The van der Waals surface area contributed by atoms with Crippen molar-refractivity contribution in [3.05, 3.63) is 34.6 Å². The third-order valence-electron chi connectivity index (χ3n) is 3.72. The molecule has 0 spiro atoms. The van der Waals surface area contributed by atoms with Gasteiger partial charge in [0.15, 0.2) is 0 Å². The van der Waals surface area contributed by atoms with Crippen molar-refractivity contribution in [3.63, 3.8) is 0 Å². The molecule has 6 nitrogen and oxygen atoms in total. The van der Waals surface area contributed by atoms with Crippen LogP contribution in [0.2, 0.25) is 5.02 Å². The summed E-state index contributed by atoms with van der Waals surface area (Å²) in [4.78, 5) is 36.7. The molecule has 1 aliphatic heterocycles. The summed E-state index contributed by atoms with van der Waals surface area (Å²) < 4.78 is 13.6. The van der Waals surface area contributed by atoms with Crippen molar-refractivity contribution < 1.29 is 18.8 Å². The molecule has 1 aromatic rings. The molecule has 23 heavy (non-hydrogen) atoms. The quantitative estimate of drug-likeness (QED) is 0.839. The van der Waals surface area contributed by atoms with Gasteiger partial charge in [-0.2, -0.15) is 0 Å². The molecule has 1 aliphatic rings. The van der Waals surface area contributed by atoms with Gasteiger partial charge in [-0.1, -0.05) is 17.7 Å². The first-order chi connectivity index (χ1) is 10.9. The molecule has 0 saturated carbocycles. The van der Waals surface area contributed by atoms with Gasteiger partial charge >= 0.3 is 0 Å². The molecule has 0 aliphatic carbocycles. The number of rotatable bonds is 5. The number of hydrogen-bond acceptors (Lipinski definition) is 3. The highest BCUT2D eigenvalue weighted by Gasteiger charge is 2.32. The molecule has 1 atom stereocenters. The Bertz CT molecular complexity index is 618. The predicted molar refractivity (Wildman–Crippen MR) is 82.3 cm³/mol. The zero-order valence-electron chi connectivity index (χ0n) is 12.4. The Kier molecular flexibility index (Phi) is 5.54. The van der Waals surface area contributed by atoms with Gasteiger partial charge in [-0.3, -0.25) is 14.4 Å². The number of halogens is 2. The molecule has 124 valence electrons. The summed E-state index contributed by atoms with van der Waals surface area (Å²) in [5, 5.41) is 2.45. The lowest BCUT2D eigenvalue weighted by atomic mass is 10.2. The van der Waals surface area contributed by atoms with Crippen molar-refractivity contribution in [1.29, 1.82) is 0 Å². The van der Waals surface area contributed by atoms with Gasteiger partial charge in [-0.15, -0.1) is 0 Å². The van der Waals surface area contributed by atoms with E-state index in [1.54, 1.807) is 0 Å². The Morgan fingerprint density at radius 1 is 1.39 bits per heavy atom. The number of benzene rings is 1. The zero-order valence-corrected chi connectivity index (χ0v) is 13.1. The molecule has 0 bridgehead atoms. The summed E-state index contributed by atoms with van der Waals surface area (Å²) in [5.41, 5.74) is 5.00. The number of amides is 3. The molecule has 0 radical (unpaired) electrons. The van der Waals surface area contributed by atoms with Crippen LogP contribution in [0.5, 0.6) is 0 Å². The summed E-state index contributed by atoms with van der Waals surface area (Å²) in [7, 11) is 0. The van der Waals surface area contributed by atoms with Gasteiger partial charge < -0.3 is 16.0 Å². The fourth-order valence-electron chi connectivity index (χ4n) is 2.59. The van der Waals surface area contributed by atoms with Crippen LogP contribution >= 0.6 is 11.6 Å². The average molecular weight is 342 g/mol. The Morgan fingerprint density at radius 3 is 2.78 bits per heavy atom. The Balaban J connectivity index is 1.88. The summed E-state index contributed by atoms with van der Waals surface area (Å²) >= 11 is 5.80. The Labute approximate surface area is 137 Å². The van der Waals surface area contributed by atoms with E-state index in [0.29, 0.717) is 13.0 Å². The first kappa shape index (κ1) is 17.2. The molecule has 1 unspecified atom stereocenters. The van der Waals surface area contributed by atoms with Gasteiger partial charge in [0.05, 0.1) is 10.6 Å². The van der Waals surface area contributed by atoms with Crippen molar-refractivity contribution >= 4 is 29.3 Å². The molecule has 0 aromatic heterocycles. The molecule has 1 heterocycles. The average Bonchev–Trinajstić information content (AvgIpc) is 2.96. The summed E-state index contributed by atoms with van der Waals surface area (Å²) in [6, 6.07) is 3.36. The number of carbonyl (C=O) groups excluding carboxylic acids is 3. The van der Waals surface area contributed by atoms with Crippen LogP contribution in [0.3, 0.4) is 0 Å². The van der Waals surface area contributed by atoms with Crippen molar-refractivity contribution in [1.82, 2.24) is 10.2 Å². The van der Waals surface area contributed by atoms with Crippen LogP contribution in [0.25, 0.3) is 0 Å². The number of primary amides is 1. The minimum atomic E-state index is -0.727. The van der Waals surface area contributed by atoms with Crippen LogP contribution in [-0.2, 0) is 9.59 Å². The van der Waals surface area contributed by atoms with Gasteiger partial charge in [0.25, 0.3) is 5.91 Å². The molecular weight excluding hydrogens is 325 g/mol. The molecule has 1 aromatic carbocycles. The molecule has 3 amide bonds. The Hall–Kier alpha value is -2.15. The van der Waals surface area contributed by atoms with Crippen molar-refractivity contribution in [2.75, 3.05) is 13.1 Å². The molecular formula is C15H17ClFN3O3. The minimum absolute atomic E-state index is 0.00158. The van der Waals surface area contributed by atoms with E-state index in [1.807, 2.05) is 0 Å². The van der Waals surface area contributed by atoms with Gasteiger partial charge in [0.1, 0.15) is 11.9 Å². The number of nitrogens with zero attached hydrogens (tertiary/aromatic N) is 1. The molecule has 3 N–H and O–H groups in total. The lowest BCUT2D eigenvalue weighted by molar-refractivity contribution is -0.137. The fourth-order valence-corrected chi connectivity index (χ4v) is 2.84. The lowest BCUT2D eigenvalue weighted by Gasteiger charge is -2.22. The second kappa shape index (κ2) is 7.41. The van der Waals surface area contributed by atoms with E-state index in [9.17, 15) is 18.8 Å². The summed E-state index contributed by atoms with van der Waals surface area (Å²) in [6.07, 6.45) is 1.27. The summed E-state index contributed by atoms with van der Waals surface area (Å²) in [6.45, 7) is 0.490. The molecule has 8 heteroatoms. The highest BCUT2D eigenvalue weighted by Crippen LogP contribution is 2.19. The number of nitrogens with two attached hydrogens (primary N) is 1. The largest absolute Gasteiger partial charge is 0.368 e. The second-order valence-corrected chi connectivity index (χ2v) is 5.66. The van der Waals surface area contributed by atoms with Crippen LogP contribution in [0.1, 0.15) is 29.6 Å². The second-order valence-electron chi connectivity index (χ2n) is 5.25. The van der Waals surface area contributed by atoms with Crippen LogP contribution in [0.15, 0.2) is 18.2 Å². The fraction of sp³-hybridized carbons (Fsp3) is 0.400. The third-order valence-corrected chi connectivity index (χ3v) is 4.03. The maximum absolute atomic E-state index is 13.6. The maximum atomic E-state index is 13.6. The lowest BCUT2D eigenvalue weighted by Crippen LogP contribution is -2.44. The number of nitrogens with one attached hydrogen (secondary N) is 1. The van der Waals surface area contributed by atoms with Gasteiger partial charge in [-0.25, -0.2) is 4.39 Å². The highest BCUT2D eigenvalue weighted by atomic mass is 35.5. The molecule has 1 fully saturated rings. The molecule has 2 rings (SSSR count). The zero-order chi connectivity index (χ0) is 17.0. The molecule has 1 saturated heterocycles. The van der Waals surface area contributed by atoms with E-state index >= 15 is 0 Å². The first-order valence-electron chi connectivity index (χ1n) is 7.23. The smallest absolute Gasteiger partial charge is 0.255 e. The van der Waals surface area contributed by atoms with Gasteiger partial charge in [0.2, 0.25) is 11.8 Å².